The van der Waals surface area contributed by atoms with E-state index in [1.165, 1.54) is 31.4 Å². The molecule has 1 amide bonds. The zero-order valence-electron chi connectivity index (χ0n) is 12.2. The molecule has 2 aromatic rings. The fourth-order valence-corrected chi connectivity index (χ4v) is 2.54. The number of nitrogens with one attached hydrogen (secondary N) is 1. The number of amides is 1. The van der Waals surface area contributed by atoms with Gasteiger partial charge in [-0.05, 0) is 30.3 Å². The molecule has 0 saturated carbocycles. The van der Waals surface area contributed by atoms with Gasteiger partial charge in [0.25, 0.3) is 5.91 Å². The molecule has 7 heteroatoms. The van der Waals surface area contributed by atoms with E-state index in [1.807, 2.05) is 0 Å². The Morgan fingerprint density at radius 2 is 1.91 bits per heavy atom. The van der Waals surface area contributed by atoms with Gasteiger partial charge in [0.1, 0.15) is 5.75 Å². The molecule has 0 saturated heterocycles. The molecule has 0 bridgehead atoms. The first-order valence-electron chi connectivity index (χ1n) is 6.36. The number of rotatable bonds is 4. The minimum Gasteiger partial charge on any atom is -0.494 e. The lowest BCUT2D eigenvalue weighted by molar-refractivity contribution is 0.102. The molecule has 6 nitrogen and oxygen atoms in total. The first-order chi connectivity index (χ1) is 10.3. The number of hydrogen-bond acceptors (Lipinski definition) is 5. The largest absolute Gasteiger partial charge is 0.494 e. The summed E-state index contributed by atoms with van der Waals surface area (Å²) in [5.41, 5.74) is 6.85. The maximum Gasteiger partial charge on any atom is 0.255 e. The van der Waals surface area contributed by atoms with E-state index in [0.717, 1.165) is 6.26 Å². The van der Waals surface area contributed by atoms with Crippen molar-refractivity contribution in [3.8, 4) is 5.75 Å². The van der Waals surface area contributed by atoms with Gasteiger partial charge in [0, 0.05) is 23.6 Å². The first-order valence-corrected chi connectivity index (χ1v) is 8.25. The van der Waals surface area contributed by atoms with Crippen LogP contribution in [0.4, 0.5) is 11.4 Å². The minimum absolute atomic E-state index is 0.0874. The molecule has 116 valence electrons. The molecular weight excluding hydrogens is 304 g/mol. The Balaban J connectivity index is 2.30. The lowest BCUT2D eigenvalue weighted by Crippen LogP contribution is -2.13. The van der Waals surface area contributed by atoms with Gasteiger partial charge in [0.05, 0.1) is 17.7 Å². The second-order valence-electron chi connectivity index (χ2n) is 4.71. The predicted molar refractivity (Wildman–Crippen MR) is 84.9 cm³/mol. The molecule has 0 heterocycles. The summed E-state index contributed by atoms with van der Waals surface area (Å²) in [4.78, 5) is 12.3. The van der Waals surface area contributed by atoms with Crippen molar-refractivity contribution in [3.63, 3.8) is 0 Å². The average molecular weight is 320 g/mol. The van der Waals surface area contributed by atoms with Crippen LogP contribution < -0.4 is 15.8 Å². The number of ether oxygens (including phenoxy) is 1. The van der Waals surface area contributed by atoms with E-state index in [2.05, 4.69) is 5.32 Å². The highest BCUT2D eigenvalue weighted by Crippen LogP contribution is 2.27. The van der Waals surface area contributed by atoms with Crippen molar-refractivity contribution in [1.29, 1.82) is 0 Å². The zero-order chi connectivity index (χ0) is 16.3. The molecule has 0 radical (unpaired) electrons. The third-order valence-corrected chi connectivity index (χ3v) is 4.11. The summed E-state index contributed by atoms with van der Waals surface area (Å²) in [6, 6.07) is 10.7. The number of carbonyl (C=O) groups excluding carboxylic acids is 1. The summed E-state index contributed by atoms with van der Waals surface area (Å²) in [5.74, 6) is -0.0128. The van der Waals surface area contributed by atoms with Crippen molar-refractivity contribution in [2.24, 2.45) is 0 Å². The molecule has 0 unspecified atom stereocenters. The van der Waals surface area contributed by atoms with Crippen LogP contribution in [0.5, 0.6) is 5.75 Å². The molecule has 2 aromatic carbocycles. The normalized spacial score (nSPS) is 11.0. The van der Waals surface area contributed by atoms with Gasteiger partial charge in [0.15, 0.2) is 9.84 Å². The third kappa shape index (κ3) is 3.56. The van der Waals surface area contributed by atoms with E-state index in [-0.39, 0.29) is 10.5 Å². The number of hydrogen-bond donors (Lipinski definition) is 2. The molecule has 0 atom stereocenters. The Labute approximate surface area is 128 Å². The number of anilines is 2. The quantitative estimate of drug-likeness (QED) is 0.839. The van der Waals surface area contributed by atoms with E-state index in [1.54, 1.807) is 18.2 Å². The van der Waals surface area contributed by atoms with Crippen molar-refractivity contribution < 1.29 is 17.9 Å². The van der Waals surface area contributed by atoms with Crippen molar-refractivity contribution >= 4 is 27.1 Å². The van der Waals surface area contributed by atoms with Crippen LogP contribution in [0.25, 0.3) is 0 Å². The summed E-state index contributed by atoms with van der Waals surface area (Å²) in [7, 11) is -1.90. The molecule has 0 aliphatic rings. The van der Waals surface area contributed by atoms with Gasteiger partial charge in [-0.25, -0.2) is 8.42 Å². The molecular formula is C15H16N2O4S. The molecule has 3 N–H and O–H groups in total. The lowest BCUT2D eigenvalue weighted by atomic mass is 10.2. The average Bonchev–Trinajstić information content (AvgIpc) is 2.48. The van der Waals surface area contributed by atoms with Gasteiger partial charge in [-0.1, -0.05) is 6.07 Å². The molecule has 2 rings (SSSR count). The van der Waals surface area contributed by atoms with Crippen molar-refractivity contribution in [2.45, 2.75) is 4.90 Å². The smallest absolute Gasteiger partial charge is 0.255 e. The summed E-state index contributed by atoms with van der Waals surface area (Å²) in [5, 5.41) is 2.67. The fourth-order valence-electron chi connectivity index (χ4n) is 1.87. The van der Waals surface area contributed by atoms with Crippen LogP contribution in [0.3, 0.4) is 0 Å². The molecule has 0 aliphatic heterocycles. The number of sulfone groups is 1. The Bertz CT molecular complexity index is 816. The number of benzene rings is 2. The molecule has 0 aliphatic carbocycles. The molecule has 0 aromatic heterocycles. The minimum atomic E-state index is -3.37. The topological polar surface area (TPSA) is 98.5 Å². The summed E-state index contributed by atoms with van der Waals surface area (Å²) < 4.78 is 28.2. The van der Waals surface area contributed by atoms with Crippen LogP contribution in [0.1, 0.15) is 10.4 Å². The van der Waals surface area contributed by atoms with Gasteiger partial charge in [-0.2, -0.15) is 0 Å². The van der Waals surface area contributed by atoms with Crippen LogP contribution in [0.2, 0.25) is 0 Å². The number of carbonyl (C=O) groups is 1. The maximum atomic E-state index is 12.3. The van der Waals surface area contributed by atoms with Crippen LogP contribution in [-0.2, 0) is 9.84 Å². The lowest BCUT2D eigenvalue weighted by Gasteiger charge is -2.11. The van der Waals surface area contributed by atoms with Crippen molar-refractivity contribution in [3.05, 3.63) is 48.0 Å². The molecule has 0 fully saturated rings. The monoisotopic (exact) mass is 320 g/mol. The number of methoxy groups -OCH3 is 1. The molecule has 22 heavy (non-hydrogen) atoms. The van der Waals surface area contributed by atoms with E-state index in [0.29, 0.717) is 17.1 Å². The summed E-state index contributed by atoms with van der Waals surface area (Å²) >= 11 is 0. The Kier molecular flexibility index (Phi) is 4.37. The third-order valence-electron chi connectivity index (χ3n) is 3.00. The van der Waals surface area contributed by atoms with E-state index in [9.17, 15) is 13.2 Å². The summed E-state index contributed by atoms with van der Waals surface area (Å²) in [6.45, 7) is 0. The zero-order valence-corrected chi connectivity index (χ0v) is 13.0. The second-order valence-corrected chi connectivity index (χ2v) is 6.73. The maximum absolute atomic E-state index is 12.3. The van der Waals surface area contributed by atoms with Gasteiger partial charge < -0.3 is 15.8 Å². The van der Waals surface area contributed by atoms with Crippen molar-refractivity contribution in [2.75, 3.05) is 24.4 Å². The Hall–Kier alpha value is -2.54. The van der Waals surface area contributed by atoms with Gasteiger partial charge in [-0.3, -0.25) is 4.79 Å². The van der Waals surface area contributed by atoms with Crippen LogP contribution >= 0.6 is 0 Å². The van der Waals surface area contributed by atoms with Gasteiger partial charge >= 0.3 is 0 Å². The van der Waals surface area contributed by atoms with E-state index < -0.39 is 15.7 Å². The Morgan fingerprint density at radius 3 is 2.55 bits per heavy atom. The second kappa shape index (κ2) is 6.07. The summed E-state index contributed by atoms with van der Waals surface area (Å²) in [6.07, 6.45) is 1.09. The highest BCUT2D eigenvalue weighted by Gasteiger charge is 2.13. The van der Waals surface area contributed by atoms with Crippen LogP contribution in [0.15, 0.2) is 47.4 Å². The number of nitrogens with two attached hydrogens (primary N) is 1. The van der Waals surface area contributed by atoms with Gasteiger partial charge in [-0.15, -0.1) is 0 Å². The highest BCUT2D eigenvalue weighted by molar-refractivity contribution is 7.90. The Morgan fingerprint density at radius 1 is 1.18 bits per heavy atom. The molecule has 0 spiro atoms. The standard InChI is InChI=1S/C15H16N2O4S/c1-21-14-9-11(16)6-7-13(14)17-15(18)10-4-3-5-12(8-10)22(2,19)20/h3-9H,16H2,1-2H3,(H,17,18). The van der Waals surface area contributed by atoms with Crippen molar-refractivity contribution in [1.82, 2.24) is 0 Å². The first kappa shape index (κ1) is 15.8. The van der Waals surface area contributed by atoms with Crippen LogP contribution in [0, 0.1) is 0 Å². The van der Waals surface area contributed by atoms with E-state index >= 15 is 0 Å². The van der Waals surface area contributed by atoms with E-state index in [4.69, 9.17) is 10.5 Å². The SMILES string of the molecule is COc1cc(N)ccc1NC(=O)c1cccc(S(C)(=O)=O)c1. The highest BCUT2D eigenvalue weighted by atomic mass is 32.2. The number of nitrogen functional groups attached to an aromatic ring is 1. The van der Waals surface area contributed by atoms with Gasteiger partial charge in [0.2, 0.25) is 0 Å². The fraction of sp³-hybridized carbons (Fsp3) is 0.133. The predicted octanol–water partition coefficient (Wildman–Crippen LogP) is 1.93. The van der Waals surface area contributed by atoms with Crippen LogP contribution in [-0.4, -0.2) is 27.7 Å².